The second kappa shape index (κ2) is 5.81. The first kappa shape index (κ1) is 14.2. The molecule has 1 aromatic carbocycles. The molecule has 0 aliphatic carbocycles. The lowest BCUT2D eigenvalue weighted by Gasteiger charge is -2.19. The first-order valence-electron chi connectivity index (χ1n) is 6.49. The van der Waals surface area contributed by atoms with Crippen LogP contribution in [0.15, 0.2) is 28.7 Å². The van der Waals surface area contributed by atoms with E-state index in [1.165, 1.54) is 0 Å². The predicted molar refractivity (Wildman–Crippen MR) is 76.5 cm³/mol. The predicted octanol–water partition coefficient (Wildman–Crippen LogP) is 3.16. The largest absolute Gasteiger partial charge is 0.481 e. The molecule has 0 radical (unpaired) electrons. The van der Waals surface area contributed by atoms with Crippen LogP contribution in [0.4, 0.5) is 0 Å². The van der Waals surface area contributed by atoms with Gasteiger partial charge < -0.3 is 14.9 Å². The van der Waals surface area contributed by atoms with Crippen molar-refractivity contribution in [3.05, 3.63) is 52.5 Å². The molecular weight excluding hydrogens is 252 g/mol. The molecule has 0 saturated carbocycles. The summed E-state index contributed by atoms with van der Waals surface area (Å²) in [4.78, 5) is 0. The molecule has 1 atom stereocenters. The van der Waals surface area contributed by atoms with Crippen molar-refractivity contribution in [2.75, 3.05) is 6.54 Å². The number of hydrogen-bond donors (Lipinski definition) is 1. The Hall–Kier alpha value is -2.25. The smallest absolute Gasteiger partial charge is 0.168 e. The third-order valence-corrected chi connectivity index (χ3v) is 3.14. The second-order valence-corrected chi connectivity index (χ2v) is 4.84. The molecule has 0 amide bonds. The van der Waals surface area contributed by atoms with Gasteiger partial charge in [0, 0.05) is 6.54 Å². The maximum atomic E-state index is 8.96. The van der Waals surface area contributed by atoms with Crippen molar-refractivity contribution >= 4 is 0 Å². The molecule has 104 valence electrons. The van der Waals surface area contributed by atoms with Gasteiger partial charge in [-0.2, -0.15) is 5.26 Å². The van der Waals surface area contributed by atoms with E-state index in [1.54, 1.807) is 0 Å². The van der Waals surface area contributed by atoms with Crippen molar-refractivity contribution in [3.8, 4) is 11.8 Å². The van der Waals surface area contributed by atoms with Crippen LogP contribution >= 0.6 is 0 Å². The van der Waals surface area contributed by atoms with E-state index in [-0.39, 0.29) is 6.10 Å². The summed E-state index contributed by atoms with van der Waals surface area (Å²) < 4.78 is 11.6. The number of nitrogens with zero attached hydrogens (tertiary/aromatic N) is 1. The fourth-order valence-electron chi connectivity index (χ4n) is 2.19. The van der Waals surface area contributed by atoms with Crippen LogP contribution < -0.4 is 10.5 Å². The molecular formula is C16H18N2O2. The van der Waals surface area contributed by atoms with E-state index in [9.17, 15) is 0 Å². The van der Waals surface area contributed by atoms with Gasteiger partial charge >= 0.3 is 0 Å². The molecule has 2 aromatic rings. The number of nitrogens with two attached hydrogens (primary N) is 1. The average Bonchev–Trinajstić information content (AvgIpc) is 2.84. The number of nitriles is 1. The molecule has 0 fully saturated rings. The molecule has 0 saturated heterocycles. The Kier molecular flexibility index (Phi) is 4.11. The molecule has 1 aromatic heterocycles. The van der Waals surface area contributed by atoms with E-state index in [1.807, 2.05) is 45.0 Å². The van der Waals surface area contributed by atoms with Gasteiger partial charge in [-0.25, -0.2) is 0 Å². The Morgan fingerprint density at radius 2 is 1.90 bits per heavy atom. The van der Waals surface area contributed by atoms with Gasteiger partial charge in [-0.3, -0.25) is 0 Å². The molecule has 20 heavy (non-hydrogen) atoms. The zero-order valence-electron chi connectivity index (χ0n) is 11.9. The van der Waals surface area contributed by atoms with Crippen molar-refractivity contribution in [2.45, 2.75) is 26.9 Å². The first-order valence-corrected chi connectivity index (χ1v) is 6.49. The minimum atomic E-state index is -0.325. The number of aryl methyl sites for hydroxylation is 3. The molecule has 0 aliphatic rings. The molecule has 1 heterocycles. The van der Waals surface area contributed by atoms with Crippen LogP contribution in [0.1, 0.15) is 34.3 Å². The van der Waals surface area contributed by atoms with E-state index in [0.29, 0.717) is 17.9 Å². The summed E-state index contributed by atoms with van der Waals surface area (Å²) in [6.45, 7) is 6.05. The highest BCUT2D eigenvalue weighted by molar-refractivity contribution is 5.47. The minimum Gasteiger partial charge on any atom is -0.481 e. The van der Waals surface area contributed by atoms with Gasteiger partial charge in [-0.05, 0) is 56.2 Å². The van der Waals surface area contributed by atoms with Crippen molar-refractivity contribution in [2.24, 2.45) is 5.73 Å². The van der Waals surface area contributed by atoms with E-state index in [0.717, 1.165) is 22.6 Å². The van der Waals surface area contributed by atoms with Crippen LogP contribution in [0, 0.1) is 32.1 Å². The molecule has 4 nitrogen and oxygen atoms in total. The molecule has 4 heteroatoms. The van der Waals surface area contributed by atoms with Gasteiger partial charge in [-0.1, -0.05) is 0 Å². The molecule has 1 unspecified atom stereocenters. The summed E-state index contributed by atoms with van der Waals surface area (Å²) in [5, 5.41) is 8.96. The fraction of sp³-hybridized carbons (Fsp3) is 0.312. The van der Waals surface area contributed by atoms with Gasteiger partial charge in [0.15, 0.2) is 6.10 Å². The van der Waals surface area contributed by atoms with Crippen molar-refractivity contribution in [1.82, 2.24) is 0 Å². The molecule has 0 bridgehead atoms. The van der Waals surface area contributed by atoms with Crippen molar-refractivity contribution in [3.63, 3.8) is 0 Å². The Bertz CT molecular complexity index is 630. The number of hydrogen-bond acceptors (Lipinski definition) is 4. The number of furan rings is 1. The summed E-state index contributed by atoms with van der Waals surface area (Å²) in [7, 11) is 0. The Morgan fingerprint density at radius 1 is 1.25 bits per heavy atom. The van der Waals surface area contributed by atoms with Crippen LogP contribution in [0.25, 0.3) is 0 Å². The van der Waals surface area contributed by atoms with Crippen molar-refractivity contribution < 1.29 is 9.15 Å². The topological polar surface area (TPSA) is 72.2 Å². The lowest BCUT2D eigenvalue weighted by atomic mass is 10.1. The summed E-state index contributed by atoms with van der Waals surface area (Å²) in [5.41, 5.74) is 8.25. The van der Waals surface area contributed by atoms with Gasteiger partial charge in [0.25, 0.3) is 0 Å². The number of benzene rings is 1. The van der Waals surface area contributed by atoms with E-state index in [2.05, 4.69) is 6.07 Å². The monoisotopic (exact) mass is 270 g/mol. The second-order valence-electron chi connectivity index (χ2n) is 4.84. The Balaban J connectivity index is 2.31. The summed E-state index contributed by atoms with van der Waals surface area (Å²) >= 11 is 0. The van der Waals surface area contributed by atoms with Crippen LogP contribution in [0.5, 0.6) is 5.75 Å². The van der Waals surface area contributed by atoms with E-state index < -0.39 is 0 Å². The molecule has 2 rings (SSSR count). The zero-order chi connectivity index (χ0) is 14.7. The maximum Gasteiger partial charge on any atom is 0.168 e. The summed E-state index contributed by atoms with van der Waals surface area (Å²) in [6.07, 6.45) is -0.325. The standard InChI is InChI=1S/C16H18N2O2/c1-10-6-13(8-17)7-11(2)16(10)20-15(9-18)14-5-4-12(3)19-14/h4-7,15H,9,18H2,1-3H3. The lowest BCUT2D eigenvalue weighted by molar-refractivity contribution is 0.180. The van der Waals surface area contributed by atoms with Crippen molar-refractivity contribution in [1.29, 1.82) is 5.26 Å². The van der Waals surface area contributed by atoms with Gasteiger partial charge in [0.05, 0.1) is 11.6 Å². The highest BCUT2D eigenvalue weighted by atomic mass is 16.5. The highest BCUT2D eigenvalue weighted by Gasteiger charge is 2.18. The van der Waals surface area contributed by atoms with Gasteiger partial charge in [-0.15, -0.1) is 0 Å². The minimum absolute atomic E-state index is 0.325. The van der Waals surface area contributed by atoms with Crippen LogP contribution in [0.2, 0.25) is 0 Å². The van der Waals surface area contributed by atoms with E-state index >= 15 is 0 Å². The normalized spacial score (nSPS) is 11.9. The molecule has 0 spiro atoms. The van der Waals surface area contributed by atoms with Gasteiger partial charge in [0.1, 0.15) is 17.3 Å². The highest BCUT2D eigenvalue weighted by Crippen LogP contribution is 2.29. The molecule has 2 N–H and O–H groups in total. The molecule has 0 aliphatic heterocycles. The summed E-state index contributed by atoms with van der Waals surface area (Å²) in [5.74, 6) is 2.30. The fourth-order valence-corrected chi connectivity index (χ4v) is 2.19. The van der Waals surface area contributed by atoms with E-state index in [4.69, 9.17) is 20.1 Å². The summed E-state index contributed by atoms with van der Waals surface area (Å²) in [6, 6.07) is 9.52. The SMILES string of the molecule is Cc1ccc(C(CN)Oc2c(C)cc(C#N)cc2C)o1. The maximum absolute atomic E-state index is 8.96. The Morgan fingerprint density at radius 3 is 2.35 bits per heavy atom. The third-order valence-electron chi connectivity index (χ3n) is 3.14. The number of rotatable bonds is 4. The zero-order valence-corrected chi connectivity index (χ0v) is 11.9. The average molecular weight is 270 g/mol. The third kappa shape index (κ3) is 2.84. The lowest BCUT2D eigenvalue weighted by Crippen LogP contribution is -2.18. The Labute approximate surface area is 118 Å². The van der Waals surface area contributed by atoms with Crippen LogP contribution in [0.3, 0.4) is 0 Å². The first-order chi connectivity index (χ1) is 9.55. The van der Waals surface area contributed by atoms with Crippen LogP contribution in [-0.2, 0) is 0 Å². The quantitative estimate of drug-likeness (QED) is 0.926. The van der Waals surface area contributed by atoms with Crippen LogP contribution in [-0.4, -0.2) is 6.54 Å². The number of ether oxygens (including phenoxy) is 1. The van der Waals surface area contributed by atoms with Gasteiger partial charge in [0.2, 0.25) is 0 Å².